The first-order chi connectivity index (χ1) is 20.3. The average molecular weight is 521 g/mol. The van der Waals surface area contributed by atoms with Gasteiger partial charge in [0, 0.05) is 17.1 Å². The predicted molar refractivity (Wildman–Crippen MR) is 167 cm³/mol. The normalized spacial score (nSPS) is 13.6. The number of hydrogen-bond acceptors (Lipinski definition) is 2. The molecule has 0 atom stereocenters. The van der Waals surface area contributed by atoms with Crippen molar-refractivity contribution in [2.24, 2.45) is 0 Å². The summed E-state index contributed by atoms with van der Waals surface area (Å²) in [6, 6.07) is 50.6. The zero-order chi connectivity index (χ0) is 27.0. The first-order valence-corrected chi connectivity index (χ1v) is 14.1. The van der Waals surface area contributed by atoms with E-state index in [1.165, 1.54) is 50.1 Å². The summed E-state index contributed by atoms with van der Waals surface area (Å²) in [5.41, 5.74) is 14.8. The maximum absolute atomic E-state index is 4.85. The topological polar surface area (TPSA) is 25.8 Å². The summed E-state index contributed by atoms with van der Waals surface area (Å²) in [6.45, 7) is 0. The van der Waals surface area contributed by atoms with Gasteiger partial charge in [0.15, 0.2) is 5.82 Å². The van der Waals surface area contributed by atoms with Gasteiger partial charge in [-0.1, -0.05) is 121 Å². The number of para-hydroxylation sites is 1. The van der Waals surface area contributed by atoms with Crippen molar-refractivity contribution in [3.8, 4) is 44.8 Å². The van der Waals surface area contributed by atoms with Crippen molar-refractivity contribution >= 4 is 10.9 Å². The molecule has 0 saturated carbocycles. The summed E-state index contributed by atoms with van der Waals surface area (Å²) in [5, 5.41) is 1.05. The highest BCUT2D eigenvalue weighted by Crippen LogP contribution is 2.62. The molecule has 7 aromatic rings. The Labute approximate surface area is 238 Å². The zero-order valence-corrected chi connectivity index (χ0v) is 22.3. The Morgan fingerprint density at radius 2 is 0.976 bits per heavy atom. The number of benzene rings is 6. The van der Waals surface area contributed by atoms with Crippen molar-refractivity contribution in [1.29, 1.82) is 0 Å². The summed E-state index contributed by atoms with van der Waals surface area (Å²) in [5.74, 6) is 0.746. The van der Waals surface area contributed by atoms with Crippen molar-refractivity contribution in [1.82, 2.24) is 9.97 Å². The lowest BCUT2D eigenvalue weighted by Crippen LogP contribution is -2.25. The van der Waals surface area contributed by atoms with Gasteiger partial charge in [0.1, 0.15) is 0 Å². The molecule has 1 heterocycles. The van der Waals surface area contributed by atoms with E-state index in [0.717, 1.165) is 27.9 Å². The van der Waals surface area contributed by atoms with Gasteiger partial charge in [-0.15, -0.1) is 0 Å². The second-order valence-electron chi connectivity index (χ2n) is 11.0. The molecular weight excluding hydrogens is 496 g/mol. The van der Waals surface area contributed by atoms with Crippen molar-refractivity contribution in [2.45, 2.75) is 5.41 Å². The van der Waals surface area contributed by atoms with Crippen LogP contribution in [-0.2, 0) is 5.41 Å². The smallest absolute Gasteiger partial charge is 0.159 e. The molecule has 0 N–H and O–H groups in total. The van der Waals surface area contributed by atoms with Crippen molar-refractivity contribution in [3.05, 3.63) is 168 Å². The van der Waals surface area contributed by atoms with E-state index in [2.05, 4.69) is 120 Å². The molecule has 190 valence electrons. The largest absolute Gasteiger partial charge is 0.236 e. The van der Waals surface area contributed by atoms with Crippen molar-refractivity contribution in [2.75, 3.05) is 0 Å². The number of rotatable bonds is 2. The Balaban J connectivity index is 1.24. The standard InChI is InChI=1S/C39H24N2/c1-8-19-37-28(10-1)24-40-38(41-37)27-12-9-11-25(22-27)26-20-21-36-32(23-26)31-15-4-7-18-35(31)39(36)33-16-5-2-13-29(33)30-14-3-6-17-34(30)39/h1-24H. The van der Waals surface area contributed by atoms with Gasteiger partial charge in [-0.05, 0) is 73.8 Å². The summed E-state index contributed by atoms with van der Waals surface area (Å²) < 4.78 is 0. The summed E-state index contributed by atoms with van der Waals surface area (Å²) in [6.07, 6.45) is 1.91. The van der Waals surface area contributed by atoms with Crippen LogP contribution >= 0.6 is 0 Å². The molecular formula is C39H24N2. The molecule has 0 saturated heterocycles. The molecule has 2 aliphatic carbocycles. The van der Waals surface area contributed by atoms with Crippen LogP contribution in [0.25, 0.3) is 55.7 Å². The van der Waals surface area contributed by atoms with Crippen LogP contribution in [0.2, 0.25) is 0 Å². The van der Waals surface area contributed by atoms with Gasteiger partial charge in [0.25, 0.3) is 0 Å². The minimum Gasteiger partial charge on any atom is -0.236 e. The van der Waals surface area contributed by atoms with Crippen LogP contribution in [0, 0.1) is 0 Å². The zero-order valence-electron chi connectivity index (χ0n) is 22.3. The first-order valence-electron chi connectivity index (χ1n) is 14.1. The van der Waals surface area contributed by atoms with E-state index in [9.17, 15) is 0 Å². The maximum Gasteiger partial charge on any atom is 0.159 e. The van der Waals surface area contributed by atoms with E-state index in [1.54, 1.807) is 0 Å². The molecule has 0 radical (unpaired) electrons. The fourth-order valence-electron chi connectivity index (χ4n) is 7.23. The third-order valence-electron chi connectivity index (χ3n) is 8.94. The van der Waals surface area contributed by atoms with Gasteiger partial charge in [-0.2, -0.15) is 0 Å². The van der Waals surface area contributed by atoms with Crippen LogP contribution < -0.4 is 0 Å². The molecule has 41 heavy (non-hydrogen) atoms. The molecule has 0 amide bonds. The van der Waals surface area contributed by atoms with Gasteiger partial charge in [-0.25, -0.2) is 9.97 Å². The van der Waals surface area contributed by atoms with Crippen LogP contribution in [0.3, 0.4) is 0 Å². The Morgan fingerprint density at radius 3 is 1.71 bits per heavy atom. The predicted octanol–water partition coefficient (Wildman–Crippen LogP) is 9.31. The number of hydrogen-bond donors (Lipinski definition) is 0. The molecule has 2 nitrogen and oxygen atoms in total. The Morgan fingerprint density at radius 1 is 0.415 bits per heavy atom. The van der Waals surface area contributed by atoms with Crippen LogP contribution in [0.5, 0.6) is 0 Å². The van der Waals surface area contributed by atoms with E-state index < -0.39 is 0 Å². The number of fused-ring (bicyclic) bond motifs is 11. The molecule has 0 fully saturated rings. The summed E-state index contributed by atoms with van der Waals surface area (Å²) in [7, 11) is 0. The average Bonchev–Trinajstić information content (AvgIpc) is 3.52. The van der Waals surface area contributed by atoms with Crippen molar-refractivity contribution in [3.63, 3.8) is 0 Å². The van der Waals surface area contributed by atoms with Gasteiger partial charge in [-0.3, -0.25) is 0 Å². The van der Waals surface area contributed by atoms with Gasteiger partial charge < -0.3 is 0 Å². The van der Waals surface area contributed by atoms with E-state index >= 15 is 0 Å². The monoisotopic (exact) mass is 520 g/mol. The van der Waals surface area contributed by atoms with Crippen LogP contribution in [0.1, 0.15) is 22.3 Å². The minimum atomic E-state index is -0.307. The van der Waals surface area contributed by atoms with E-state index in [-0.39, 0.29) is 5.41 Å². The van der Waals surface area contributed by atoms with Gasteiger partial charge in [0.2, 0.25) is 0 Å². The summed E-state index contributed by atoms with van der Waals surface area (Å²) >= 11 is 0. The fourth-order valence-corrected chi connectivity index (χ4v) is 7.23. The Bertz CT molecular complexity index is 2130. The molecule has 6 aromatic carbocycles. The van der Waals surface area contributed by atoms with Crippen molar-refractivity contribution < 1.29 is 0 Å². The molecule has 0 aliphatic heterocycles. The van der Waals surface area contributed by atoms with Crippen LogP contribution in [0.15, 0.2) is 146 Å². The second kappa shape index (κ2) is 8.33. The third kappa shape index (κ3) is 3.02. The van der Waals surface area contributed by atoms with Crippen LogP contribution in [0.4, 0.5) is 0 Å². The molecule has 0 bridgehead atoms. The molecule has 1 aromatic heterocycles. The molecule has 0 unspecified atom stereocenters. The van der Waals surface area contributed by atoms with Gasteiger partial charge >= 0.3 is 0 Å². The van der Waals surface area contributed by atoms with E-state index in [0.29, 0.717) is 0 Å². The highest BCUT2D eigenvalue weighted by atomic mass is 14.9. The lowest BCUT2D eigenvalue weighted by atomic mass is 9.70. The second-order valence-corrected chi connectivity index (χ2v) is 11.0. The third-order valence-corrected chi connectivity index (χ3v) is 8.94. The number of nitrogens with zero attached hydrogens (tertiary/aromatic N) is 2. The Kier molecular flexibility index (Phi) is 4.57. The van der Waals surface area contributed by atoms with Gasteiger partial charge in [0.05, 0.1) is 10.9 Å². The highest BCUT2D eigenvalue weighted by molar-refractivity contribution is 5.96. The minimum absolute atomic E-state index is 0.307. The first kappa shape index (κ1) is 22.5. The fraction of sp³-hybridized carbons (Fsp3) is 0.0256. The number of aromatic nitrogens is 2. The van der Waals surface area contributed by atoms with E-state index in [1.807, 2.05) is 30.5 Å². The quantitative estimate of drug-likeness (QED) is 0.227. The molecule has 1 spiro atoms. The Hall–Kier alpha value is -5.34. The lowest BCUT2D eigenvalue weighted by Gasteiger charge is -2.30. The lowest BCUT2D eigenvalue weighted by molar-refractivity contribution is 0.794. The molecule has 2 aliphatic rings. The maximum atomic E-state index is 4.85. The van der Waals surface area contributed by atoms with E-state index in [4.69, 9.17) is 4.98 Å². The summed E-state index contributed by atoms with van der Waals surface area (Å²) in [4.78, 5) is 9.53. The highest BCUT2D eigenvalue weighted by Gasteiger charge is 2.51. The SMILES string of the molecule is c1cc(-c2ccc3c(c2)-c2ccccc2C32c3ccccc3-c3ccccc32)cc(-c2ncc3ccccc3n2)c1. The molecule has 9 rings (SSSR count). The van der Waals surface area contributed by atoms with Crippen LogP contribution in [-0.4, -0.2) is 9.97 Å². The molecule has 2 heteroatoms.